The van der Waals surface area contributed by atoms with Crippen LogP contribution < -0.4 is 10.6 Å². The predicted octanol–water partition coefficient (Wildman–Crippen LogP) is 5.12. The lowest BCUT2D eigenvalue weighted by molar-refractivity contribution is -0.113. The zero-order valence-electron chi connectivity index (χ0n) is 21.8. The molecule has 0 aliphatic heterocycles. The second kappa shape index (κ2) is 11.1. The third-order valence-electron chi connectivity index (χ3n) is 6.83. The number of amides is 2. The van der Waals surface area contributed by atoms with E-state index in [1.807, 2.05) is 32.2 Å². The summed E-state index contributed by atoms with van der Waals surface area (Å²) in [5.41, 5.74) is 2.49. The average Bonchev–Trinajstić information content (AvgIpc) is 3.41. The van der Waals surface area contributed by atoms with Crippen molar-refractivity contribution in [3.8, 4) is 6.07 Å². The van der Waals surface area contributed by atoms with Crippen LogP contribution in [0.1, 0.15) is 72.3 Å². The average molecular weight is 537 g/mol. The predicted molar refractivity (Wildman–Crippen MR) is 147 cm³/mol. The topological polar surface area (TPSA) is 113 Å². The van der Waals surface area contributed by atoms with E-state index in [1.165, 1.54) is 28.0 Å². The number of nitrogens with zero attached hydrogens (tertiary/aromatic N) is 4. The van der Waals surface area contributed by atoms with Crippen LogP contribution in [-0.4, -0.2) is 32.3 Å². The van der Waals surface area contributed by atoms with E-state index in [0.29, 0.717) is 33.0 Å². The number of nitriles is 1. The van der Waals surface area contributed by atoms with Crippen molar-refractivity contribution in [1.29, 1.82) is 5.26 Å². The summed E-state index contributed by atoms with van der Waals surface area (Å²) in [6, 6.07) is 11.0. The molecule has 2 atom stereocenters. The van der Waals surface area contributed by atoms with Crippen molar-refractivity contribution >= 4 is 39.9 Å². The summed E-state index contributed by atoms with van der Waals surface area (Å²) in [5.74, 6) is 0.912. The van der Waals surface area contributed by atoms with E-state index in [-0.39, 0.29) is 29.0 Å². The quantitative estimate of drug-likeness (QED) is 0.405. The number of hydrogen-bond acceptors (Lipinski definition) is 7. The van der Waals surface area contributed by atoms with Gasteiger partial charge in [-0.1, -0.05) is 50.7 Å². The molecule has 1 aliphatic rings. The van der Waals surface area contributed by atoms with Crippen LogP contribution in [0.5, 0.6) is 0 Å². The van der Waals surface area contributed by atoms with E-state index in [2.05, 4.69) is 47.7 Å². The van der Waals surface area contributed by atoms with Gasteiger partial charge in [0.2, 0.25) is 5.91 Å². The van der Waals surface area contributed by atoms with E-state index in [9.17, 15) is 14.9 Å². The van der Waals surface area contributed by atoms with Gasteiger partial charge in [0.15, 0.2) is 11.0 Å². The Bertz CT molecular complexity index is 1330. The summed E-state index contributed by atoms with van der Waals surface area (Å²) in [7, 11) is 1.81. The molecule has 2 aromatic heterocycles. The highest BCUT2D eigenvalue weighted by Gasteiger charge is 2.32. The number of carbonyl (C=O) groups excluding carboxylic acids is 2. The fourth-order valence-electron chi connectivity index (χ4n) is 4.59. The van der Waals surface area contributed by atoms with Crippen LogP contribution in [0.3, 0.4) is 0 Å². The summed E-state index contributed by atoms with van der Waals surface area (Å²) in [6.07, 6.45) is 2.88. The fraction of sp³-hybridized carbons (Fsp3) is 0.444. The Labute approximate surface area is 225 Å². The molecule has 2 N–H and O–H groups in total. The van der Waals surface area contributed by atoms with Crippen molar-refractivity contribution < 1.29 is 9.59 Å². The minimum atomic E-state index is -0.360. The lowest BCUT2D eigenvalue weighted by atomic mass is 9.72. The van der Waals surface area contributed by atoms with Crippen molar-refractivity contribution in [1.82, 2.24) is 20.1 Å². The van der Waals surface area contributed by atoms with Gasteiger partial charge in [0, 0.05) is 17.5 Å². The molecule has 1 aliphatic carbocycles. The normalized spacial score (nSPS) is 15.9. The third kappa shape index (κ3) is 6.05. The standard InChI is InChI=1S/C27H32N6O2S2/c1-16(29-24(35)17-9-7-6-8-10-17)23-31-32-26(33(23)5)36-15-22(34)30-25-20(14-28)19-12-11-18(27(2,3)4)13-21(19)37-25/h6-10,16,18H,11-13,15H2,1-5H3,(H,29,35)(H,30,34)/t16-,18-/m0/s1. The molecule has 4 rings (SSSR count). The molecular weight excluding hydrogens is 504 g/mol. The highest BCUT2D eigenvalue weighted by molar-refractivity contribution is 7.99. The maximum atomic E-state index is 12.8. The van der Waals surface area contributed by atoms with Gasteiger partial charge in [-0.25, -0.2) is 0 Å². The lowest BCUT2D eigenvalue weighted by Crippen LogP contribution is -2.28. The van der Waals surface area contributed by atoms with Gasteiger partial charge in [-0.3, -0.25) is 9.59 Å². The first-order valence-corrected chi connectivity index (χ1v) is 14.1. The smallest absolute Gasteiger partial charge is 0.251 e. The maximum absolute atomic E-state index is 12.8. The maximum Gasteiger partial charge on any atom is 0.251 e. The minimum Gasteiger partial charge on any atom is -0.342 e. The summed E-state index contributed by atoms with van der Waals surface area (Å²) in [5, 5.41) is 25.3. The molecule has 2 heterocycles. The number of thioether (sulfide) groups is 1. The van der Waals surface area contributed by atoms with Crippen molar-refractivity contribution in [3.63, 3.8) is 0 Å². The number of carbonyl (C=O) groups is 2. The largest absolute Gasteiger partial charge is 0.342 e. The molecule has 0 saturated heterocycles. The summed E-state index contributed by atoms with van der Waals surface area (Å²) < 4.78 is 1.78. The van der Waals surface area contributed by atoms with Crippen molar-refractivity contribution in [2.45, 2.75) is 58.2 Å². The number of anilines is 1. The van der Waals surface area contributed by atoms with Crippen LogP contribution in [0.4, 0.5) is 5.00 Å². The molecule has 1 aromatic carbocycles. The minimum absolute atomic E-state index is 0.134. The zero-order valence-corrected chi connectivity index (χ0v) is 23.4. The van der Waals surface area contributed by atoms with Crippen molar-refractivity contribution in [2.75, 3.05) is 11.1 Å². The molecule has 37 heavy (non-hydrogen) atoms. The highest BCUT2D eigenvalue weighted by Crippen LogP contribution is 2.44. The van der Waals surface area contributed by atoms with E-state index >= 15 is 0 Å². The number of aromatic nitrogens is 3. The Kier molecular flexibility index (Phi) is 8.05. The van der Waals surface area contributed by atoms with Crippen LogP contribution in [0, 0.1) is 22.7 Å². The van der Waals surface area contributed by atoms with Gasteiger partial charge in [0.05, 0.1) is 17.4 Å². The Morgan fingerprint density at radius 3 is 2.68 bits per heavy atom. The van der Waals surface area contributed by atoms with Crippen LogP contribution in [0.15, 0.2) is 35.5 Å². The van der Waals surface area contributed by atoms with E-state index in [1.54, 1.807) is 16.7 Å². The molecule has 0 bridgehead atoms. The number of fused-ring (bicyclic) bond motifs is 1. The van der Waals surface area contributed by atoms with Gasteiger partial charge in [-0.2, -0.15) is 5.26 Å². The highest BCUT2D eigenvalue weighted by atomic mass is 32.2. The number of hydrogen-bond donors (Lipinski definition) is 2. The van der Waals surface area contributed by atoms with Gasteiger partial charge < -0.3 is 15.2 Å². The molecule has 0 unspecified atom stereocenters. The number of thiophene rings is 1. The second-order valence-electron chi connectivity index (χ2n) is 10.4. The Morgan fingerprint density at radius 2 is 2.00 bits per heavy atom. The molecule has 194 valence electrons. The van der Waals surface area contributed by atoms with Crippen molar-refractivity contribution in [3.05, 3.63) is 57.7 Å². The molecule has 3 aromatic rings. The molecule has 2 amide bonds. The molecular formula is C27H32N6O2S2. The Balaban J connectivity index is 1.37. The van der Waals surface area contributed by atoms with E-state index < -0.39 is 0 Å². The molecule has 10 heteroatoms. The van der Waals surface area contributed by atoms with Crippen molar-refractivity contribution in [2.24, 2.45) is 18.4 Å². The van der Waals surface area contributed by atoms with Gasteiger partial charge in [0.25, 0.3) is 5.91 Å². The van der Waals surface area contributed by atoms with E-state index in [0.717, 1.165) is 24.8 Å². The van der Waals surface area contributed by atoms with Crippen LogP contribution in [0.2, 0.25) is 0 Å². The first kappa shape index (κ1) is 26.9. The number of benzene rings is 1. The third-order valence-corrected chi connectivity index (χ3v) is 9.02. The zero-order chi connectivity index (χ0) is 26.7. The summed E-state index contributed by atoms with van der Waals surface area (Å²) in [4.78, 5) is 26.5. The Morgan fingerprint density at radius 1 is 1.27 bits per heavy atom. The lowest BCUT2D eigenvalue weighted by Gasteiger charge is -2.33. The first-order valence-electron chi connectivity index (χ1n) is 12.3. The molecule has 8 nitrogen and oxygen atoms in total. The van der Waals surface area contributed by atoms with E-state index in [4.69, 9.17) is 0 Å². The van der Waals surface area contributed by atoms with Gasteiger partial charge in [-0.05, 0) is 55.2 Å². The SMILES string of the molecule is C[C@H](NC(=O)c1ccccc1)c1nnc(SCC(=O)Nc2sc3c(c2C#N)CC[C@H](C(C)(C)C)C3)n1C. The molecule has 0 spiro atoms. The monoisotopic (exact) mass is 536 g/mol. The van der Waals surface area contributed by atoms with Crippen LogP contribution in [-0.2, 0) is 24.7 Å². The Hall–Kier alpha value is -3.16. The molecule has 0 fully saturated rings. The van der Waals surface area contributed by atoms with Crippen LogP contribution >= 0.6 is 23.1 Å². The van der Waals surface area contributed by atoms with Gasteiger partial charge in [0.1, 0.15) is 11.1 Å². The molecule has 0 saturated carbocycles. The van der Waals surface area contributed by atoms with Crippen LogP contribution in [0.25, 0.3) is 0 Å². The number of nitrogens with one attached hydrogen (secondary N) is 2. The van der Waals surface area contributed by atoms with Gasteiger partial charge in [-0.15, -0.1) is 21.5 Å². The van der Waals surface area contributed by atoms with Gasteiger partial charge >= 0.3 is 0 Å². The summed E-state index contributed by atoms with van der Waals surface area (Å²) >= 11 is 2.80. The number of rotatable bonds is 7. The fourth-order valence-corrected chi connectivity index (χ4v) is 6.60. The first-order chi connectivity index (χ1) is 17.6. The molecule has 0 radical (unpaired) electrons. The second-order valence-corrected chi connectivity index (χ2v) is 12.5. The summed E-state index contributed by atoms with van der Waals surface area (Å²) in [6.45, 7) is 8.63.